The van der Waals surface area contributed by atoms with Crippen molar-refractivity contribution in [1.29, 1.82) is 0 Å². The summed E-state index contributed by atoms with van der Waals surface area (Å²) in [4.78, 5) is 24.0. The van der Waals surface area contributed by atoms with Gasteiger partial charge in [-0.2, -0.15) is 5.11 Å². The molecule has 7 nitrogen and oxygen atoms in total. The minimum absolute atomic E-state index is 0.00995. The topological polar surface area (TPSA) is 89.6 Å². The van der Waals surface area contributed by atoms with Gasteiger partial charge in [-0.25, -0.2) is 4.57 Å². The average molecular weight is 255 g/mol. The molecular formula is C12H9N5O2. The van der Waals surface area contributed by atoms with Crippen LogP contribution in [0.2, 0.25) is 0 Å². The Labute approximate surface area is 108 Å². The standard InChI is InChI=1S/C12H9N5O2/c18-10(8-4-2-1-3-5-8)6-9-11(19)17-7-13-15-12(17)16-14-9/h1-5,7,9H,6H2. The van der Waals surface area contributed by atoms with Crippen LogP contribution < -0.4 is 0 Å². The number of azo groups is 1. The Morgan fingerprint density at radius 3 is 2.84 bits per heavy atom. The van der Waals surface area contributed by atoms with E-state index in [-0.39, 0.29) is 24.1 Å². The third kappa shape index (κ3) is 2.05. The first-order chi connectivity index (χ1) is 9.25. The van der Waals surface area contributed by atoms with Gasteiger partial charge in [-0.3, -0.25) is 9.59 Å². The summed E-state index contributed by atoms with van der Waals surface area (Å²) in [7, 11) is 0. The number of hydrogen-bond donors (Lipinski definition) is 0. The molecule has 94 valence electrons. The van der Waals surface area contributed by atoms with Crippen LogP contribution in [0.4, 0.5) is 5.95 Å². The Balaban J connectivity index is 1.79. The van der Waals surface area contributed by atoms with Gasteiger partial charge < -0.3 is 0 Å². The molecule has 1 aromatic carbocycles. The van der Waals surface area contributed by atoms with Gasteiger partial charge in [0.25, 0.3) is 11.9 Å². The summed E-state index contributed by atoms with van der Waals surface area (Å²) in [6.45, 7) is 0. The number of aromatic nitrogens is 3. The Morgan fingerprint density at radius 1 is 1.26 bits per heavy atom. The van der Waals surface area contributed by atoms with Crippen molar-refractivity contribution in [1.82, 2.24) is 14.8 Å². The van der Waals surface area contributed by atoms with Gasteiger partial charge in [-0.15, -0.1) is 15.3 Å². The molecule has 0 fully saturated rings. The SMILES string of the molecule is O=C(CC1N=Nc2nncn2C1=O)c1ccccc1. The zero-order chi connectivity index (χ0) is 13.2. The molecule has 7 heteroatoms. The highest BCUT2D eigenvalue weighted by molar-refractivity contribution is 6.00. The molecular weight excluding hydrogens is 246 g/mol. The van der Waals surface area contributed by atoms with Crippen molar-refractivity contribution in [2.75, 3.05) is 0 Å². The van der Waals surface area contributed by atoms with Crippen LogP contribution in [-0.4, -0.2) is 32.5 Å². The van der Waals surface area contributed by atoms with E-state index in [1.807, 2.05) is 6.07 Å². The average Bonchev–Trinajstić information content (AvgIpc) is 2.92. The number of fused-ring (bicyclic) bond motifs is 1. The van der Waals surface area contributed by atoms with E-state index < -0.39 is 6.04 Å². The fraction of sp³-hybridized carbons (Fsp3) is 0.167. The Hall–Kier alpha value is -2.70. The molecule has 0 radical (unpaired) electrons. The number of benzene rings is 1. The van der Waals surface area contributed by atoms with Gasteiger partial charge in [-0.05, 0) is 0 Å². The summed E-state index contributed by atoms with van der Waals surface area (Å²) in [6, 6.07) is 7.97. The number of nitrogens with zero attached hydrogens (tertiary/aromatic N) is 5. The van der Waals surface area contributed by atoms with Crippen LogP contribution in [0.5, 0.6) is 0 Å². The number of carbonyl (C=O) groups is 2. The first-order valence-electron chi connectivity index (χ1n) is 5.69. The highest BCUT2D eigenvalue weighted by Gasteiger charge is 2.29. The van der Waals surface area contributed by atoms with Crippen LogP contribution in [0, 0.1) is 0 Å². The lowest BCUT2D eigenvalue weighted by Gasteiger charge is -2.13. The minimum atomic E-state index is -0.809. The largest absolute Gasteiger partial charge is 0.294 e. The second-order valence-corrected chi connectivity index (χ2v) is 4.06. The summed E-state index contributed by atoms with van der Waals surface area (Å²) < 4.78 is 1.20. The fourth-order valence-corrected chi connectivity index (χ4v) is 1.83. The quantitative estimate of drug-likeness (QED) is 0.780. The molecule has 19 heavy (non-hydrogen) atoms. The number of rotatable bonds is 3. The molecule has 0 saturated heterocycles. The molecule has 1 unspecified atom stereocenters. The second kappa shape index (κ2) is 4.52. The van der Waals surface area contributed by atoms with Gasteiger partial charge in [0.15, 0.2) is 11.8 Å². The molecule has 0 spiro atoms. The number of carbonyl (C=O) groups excluding carboxylic acids is 2. The summed E-state index contributed by atoms with van der Waals surface area (Å²) in [5.74, 6) is -0.331. The van der Waals surface area contributed by atoms with Gasteiger partial charge in [0.05, 0.1) is 0 Å². The van der Waals surface area contributed by atoms with Gasteiger partial charge in [0, 0.05) is 12.0 Å². The third-order valence-electron chi connectivity index (χ3n) is 2.81. The molecule has 0 aliphatic carbocycles. The lowest BCUT2D eigenvalue weighted by atomic mass is 10.0. The van der Waals surface area contributed by atoms with Gasteiger partial charge in [-0.1, -0.05) is 30.3 Å². The van der Waals surface area contributed by atoms with Crippen LogP contribution in [0.1, 0.15) is 21.6 Å². The van der Waals surface area contributed by atoms with Gasteiger partial charge in [0.1, 0.15) is 6.33 Å². The number of Topliss-reactive ketones (excluding diaryl/α,β-unsaturated/α-hetero) is 1. The zero-order valence-electron chi connectivity index (χ0n) is 9.80. The lowest BCUT2D eigenvalue weighted by molar-refractivity contribution is 0.0829. The molecule has 1 atom stereocenters. The highest BCUT2D eigenvalue weighted by Crippen LogP contribution is 2.19. The van der Waals surface area contributed by atoms with E-state index in [2.05, 4.69) is 20.4 Å². The maximum absolute atomic E-state index is 12.0. The van der Waals surface area contributed by atoms with Gasteiger partial charge in [0.2, 0.25) is 0 Å². The van der Waals surface area contributed by atoms with Crippen molar-refractivity contribution >= 4 is 17.6 Å². The molecule has 0 bridgehead atoms. The molecule has 1 aliphatic heterocycles. The normalized spacial score (nSPS) is 17.3. The summed E-state index contributed by atoms with van der Waals surface area (Å²) in [5.41, 5.74) is 0.556. The molecule has 2 aromatic rings. The number of hydrogen-bond acceptors (Lipinski definition) is 6. The van der Waals surface area contributed by atoms with E-state index in [1.54, 1.807) is 24.3 Å². The predicted octanol–water partition coefficient (Wildman–Crippen LogP) is 1.66. The fourth-order valence-electron chi connectivity index (χ4n) is 1.83. The molecule has 3 rings (SSSR count). The first kappa shape index (κ1) is 11.4. The maximum atomic E-state index is 12.0. The zero-order valence-corrected chi connectivity index (χ0v) is 9.80. The van der Waals surface area contributed by atoms with E-state index in [0.717, 1.165) is 0 Å². The van der Waals surface area contributed by atoms with Crippen LogP contribution in [-0.2, 0) is 0 Å². The molecule has 0 amide bonds. The monoisotopic (exact) mass is 255 g/mol. The molecule has 0 N–H and O–H groups in total. The van der Waals surface area contributed by atoms with E-state index in [4.69, 9.17) is 0 Å². The summed E-state index contributed by atoms with van der Waals surface area (Å²) in [5, 5.41) is 14.8. The highest BCUT2D eigenvalue weighted by atomic mass is 16.2. The van der Waals surface area contributed by atoms with Crippen molar-refractivity contribution in [3.05, 3.63) is 42.2 Å². The van der Waals surface area contributed by atoms with Crippen LogP contribution in [0.3, 0.4) is 0 Å². The van der Waals surface area contributed by atoms with Crippen molar-refractivity contribution < 1.29 is 9.59 Å². The molecule has 2 heterocycles. The van der Waals surface area contributed by atoms with E-state index in [0.29, 0.717) is 5.56 Å². The maximum Gasteiger partial charge on any atom is 0.276 e. The Morgan fingerprint density at radius 2 is 2.05 bits per heavy atom. The Bertz CT molecular complexity index is 662. The molecule has 0 saturated carbocycles. The first-order valence-corrected chi connectivity index (χ1v) is 5.69. The predicted molar refractivity (Wildman–Crippen MR) is 64.3 cm³/mol. The van der Waals surface area contributed by atoms with E-state index >= 15 is 0 Å². The van der Waals surface area contributed by atoms with Crippen molar-refractivity contribution in [3.8, 4) is 0 Å². The van der Waals surface area contributed by atoms with Crippen molar-refractivity contribution in [2.45, 2.75) is 12.5 Å². The lowest BCUT2D eigenvalue weighted by Crippen LogP contribution is -2.29. The van der Waals surface area contributed by atoms with E-state index in [9.17, 15) is 9.59 Å². The number of ketones is 1. The summed E-state index contributed by atoms with van der Waals surface area (Å²) in [6.07, 6.45) is 1.26. The molecule has 1 aliphatic rings. The van der Waals surface area contributed by atoms with Crippen molar-refractivity contribution in [2.24, 2.45) is 10.2 Å². The molecule has 1 aromatic heterocycles. The van der Waals surface area contributed by atoms with Crippen molar-refractivity contribution in [3.63, 3.8) is 0 Å². The van der Waals surface area contributed by atoms with E-state index in [1.165, 1.54) is 10.9 Å². The second-order valence-electron chi connectivity index (χ2n) is 4.06. The third-order valence-corrected chi connectivity index (χ3v) is 2.81. The summed E-state index contributed by atoms with van der Waals surface area (Å²) >= 11 is 0. The smallest absolute Gasteiger partial charge is 0.276 e. The van der Waals surface area contributed by atoms with Crippen LogP contribution in [0.25, 0.3) is 0 Å². The van der Waals surface area contributed by atoms with Crippen LogP contribution >= 0.6 is 0 Å². The minimum Gasteiger partial charge on any atom is -0.294 e. The Kier molecular flexibility index (Phi) is 2.71. The van der Waals surface area contributed by atoms with Gasteiger partial charge >= 0.3 is 0 Å². The van der Waals surface area contributed by atoms with Crippen LogP contribution in [0.15, 0.2) is 46.9 Å².